The van der Waals surface area contributed by atoms with Crippen molar-refractivity contribution in [2.45, 2.75) is 24.3 Å². The van der Waals surface area contributed by atoms with Crippen molar-refractivity contribution in [1.29, 1.82) is 0 Å². The van der Waals surface area contributed by atoms with E-state index >= 15 is 0 Å². The minimum absolute atomic E-state index is 0.0262. The van der Waals surface area contributed by atoms with Gasteiger partial charge in [0, 0.05) is 17.1 Å². The van der Waals surface area contributed by atoms with Gasteiger partial charge < -0.3 is 0 Å². The van der Waals surface area contributed by atoms with E-state index < -0.39 is 31.9 Å². The van der Waals surface area contributed by atoms with Crippen LogP contribution in [0.5, 0.6) is 0 Å². The lowest BCUT2D eigenvalue weighted by molar-refractivity contribution is 0.371. The number of halogens is 2. The highest BCUT2D eigenvalue weighted by molar-refractivity contribution is 7.92. The summed E-state index contributed by atoms with van der Waals surface area (Å²) >= 11 is 5.91. The van der Waals surface area contributed by atoms with Gasteiger partial charge in [0.05, 0.1) is 22.4 Å². The summed E-state index contributed by atoms with van der Waals surface area (Å²) in [7, 11) is -7.46. The maximum atomic E-state index is 13.5. The second-order valence-electron chi connectivity index (χ2n) is 7.63. The van der Waals surface area contributed by atoms with Gasteiger partial charge in [-0.3, -0.25) is 4.72 Å². The molecule has 1 N–H and O–H groups in total. The fourth-order valence-electron chi connectivity index (χ4n) is 3.51. The summed E-state index contributed by atoms with van der Waals surface area (Å²) in [5, 5.41) is 4.83. The number of nitrogens with one attached hydrogen (secondary N) is 1. The zero-order valence-electron chi connectivity index (χ0n) is 18.0. The maximum absolute atomic E-state index is 13.5. The number of hydrogen-bond acceptors (Lipinski definition) is 5. The lowest BCUT2D eigenvalue weighted by Crippen LogP contribution is -2.27. The van der Waals surface area contributed by atoms with E-state index in [1.165, 1.54) is 55.5 Å². The fraction of sp³-hybridized carbons (Fsp3) is 0.174. The quantitative estimate of drug-likeness (QED) is 0.484. The molecule has 1 atom stereocenters. The van der Waals surface area contributed by atoms with Gasteiger partial charge >= 0.3 is 0 Å². The molecule has 1 aliphatic rings. The van der Waals surface area contributed by atoms with Crippen LogP contribution in [0.25, 0.3) is 0 Å². The molecule has 0 bridgehead atoms. The molecule has 1 aliphatic heterocycles. The van der Waals surface area contributed by atoms with Crippen LogP contribution >= 0.6 is 11.6 Å². The van der Waals surface area contributed by atoms with Crippen molar-refractivity contribution in [2.24, 2.45) is 5.10 Å². The maximum Gasteiger partial charge on any atom is 0.279 e. The molecule has 11 heteroatoms. The van der Waals surface area contributed by atoms with Crippen molar-refractivity contribution < 1.29 is 21.2 Å². The van der Waals surface area contributed by atoms with Gasteiger partial charge in [0.15, 0.2) is 0 Å². The van der Waals surface area contributed by atoms with Gasteiger partial charge in [-0.05, 0) is 66.6 Å². The standard InChI is InChI=1S/C23H21ClFN3O4S2/c1-2-33(29,30)27-20-11-5-16(6-12-20)22-15-23(17-3-9-19(25)10-4-17)28(26-22)34(31,32)21-13-7-18(24)8-14-21/h3-14,23,27H,2,15H2,1H3. The van der Waals surface area contributed by atoms with Crippen LogP contribution in [0.1, 0.15) is 30.5 Å². The van der Waals surface area contributed by atoms with Gasteiger partial charge in [-0.1, -0.05) is 35.9 Å². The first-order chi connectivity index (χ1) is 16.1. The van der Waals surface area contributed by atoms with Gasteiger partial charge in [0.2, 0.25) is 10.0 Å². The summed E-state index contributed by atoms with van der Waals surface area (Å²) in [6.45, 7) is 1.54. The smallest absolute Gasteiger partial charge is 0.279 e. The third-order valence-electron chi connectivity index (χ3n) is 5.36. The fourth-order valence-corrected chi connectivity index (χ4v) is 5.71. The summed E-state index contributed by atoms with van der Waals surface area (Å²) < 4.78 is 67.5. The molecule has 4 rings (SSSR count). The lowest BCUT2D eigenvalue weighted by Gasteiger charge is -2.23. The number of benzene rings is 3. The Morgan fingerprint density at radius 3 is 2.18 bits per heavy atom. The van der Waals surface area contributed by atoms with Gasteiger partial charge in [-0.2, -0.15) is 17.9 Å². The third-order valence-corrected chi connectivity index (χ3v) is 8.61. The Morgan fingerprint density at radius 2 is 1.59 bits per heavy atom. The number of anilines is 1. The first-order valence-corrected chi connectivity index (χ1v) is 13.8. The summed E-state index contributed by atoms with van der Waals surface area (Å²) in [5.74, 6) is -0.488. The highest BCUT2D eigenvalue weighted by Gasteiger charge is 2.37. The van der Waals surface area contributed by atoms with E-state index in [1.54, 1.807) is 24.3 Å². The number of nitrogens with zero attached hydrogens (tertiary/aromatic N) is 2. The second-order valence-corrected chi connectivity index (χ2v) is 11.9. The van der Waals surface area contributed by atoms with Gasteiger partial charge in [0.25, 0.3) is 10.0 Å². The predicted octanol–water partition coefficient (Wildman–Crippen LogP) is 4.78. The summed E-state index contributed by atoms with van der Waals surface area (Å²) in [5.41, 5.74) is 2.12. The third kappa shape index (κ3) is 5.08. The highest BCUT2D eigenvalue weighted by atomic mass is 35.5. The van der Waals surface area contributed by atoms with Crippen LogP contribution in [0.2, 0.25) is 5.02 Å². The minimum Gasteiger partial charge on any atom is -0.284 e. The molecule has 0 radical (unpaired) electrons. The SMILES string of the molecule is CCS(=O)(=O)Nc1ccc(C2=NN(S(=O)(=O)c3ccc(Cl)cc3)C(c3ccc(F)cc3)C2)cc1. The van der Waals surface area contributed by atoms with E-state index in [9.17, 15) is 21.2 Å². The molecule has 3 aromatic rings. The topological polar surface area (TPSA) is 95.9 Å². The summed E-state index contributed by atoms with van der Waals surface area (Å²) in [6.07, 6.45) is 0.248. The van der Waals surface area contributed by atoms with E-state index in [1.807, 2.05) is 0 Å². The second kappa shape index (κ2) is 9.36. The first kappa shape index (κ1) is 24.2. The Bertz CT molecular complexity index is 1430. The molecule has 1 heterocycles. The average Bonchev–Trinajstić information content (AvgIpc) is 3.26. The molecule has 0 aliphatic carbocycles. The van der Waals surface area contributed by atoms with Crippen LogP contribution in [-0.4, -0.2) is 32.7 Å². The molecule has 1 unspecified atom stereocenters. The van der Waals surface area contributed by atoms with Gasteiger partial charge in [-0.15, -0.1) is 0 Å². The normalized spacial score (nSPS) is 16.4. The lowest BCUT2D eigenvalue weighted by atomic mass is 9.99. The first-order valence-electron chi connectivity index (χ1n) is 10.3. The molecule has 0 saturated carbocycles. The molecular weight excluding hydrogens is 501 g/mol. The largest absolute Gasteiger partial charge is 0.284 e. The van der Waals surface area contributed by atoms with E-state index in [4.69, 9.17) is 11.6 Å². The molecule has 0 fully saturated rings. The van der Waals surface area contributed by atoms with E-state index in [2.05, 4.69) is 9.82 Å². The van der Waals surface area contributed by atoms with Crippen LogP contribution in [0, 0.1) is 5.82 Å². The van der Waals surface area contributed by atoms with Crippen molar-refractivity contribution >= 4 is 43.0 Å². The Morgan fingerprint density at radius 1 is 0.971 bits per heavy atom. The van der Waals surface area contributed by atoms with Gasteiger partial charge in [0.1, 0.15) is 5.82 Å². The Kier molecular flexibility index (Phi) is 6.66. The minimum atomic E-state index is -4.04. The van der Waals surface area contributed by atoms with Crippen molar-refractivity contribution in [1.82, 2.24) is 4.41 Å². The molecular formula is C23H21ClFN3O4S2. The molecule has 0 saturated heterocycles. The van der Waals surface area contributed by atoms with Crippen LogP contribution in [-0.2, 0) is 20.0 Å². The van der Waals surface area contributed by atoms with Crippen molar-refractivity contribution in [3.63, 3.8) is 0 Å². The summed E-state index contributed by atoms with van der Waals surface area (Å²) in [6, 6.07) is 17.2. The number of sulfonamides is 2. The van der Waals surface area contributed by atoms with Crippen LogP contribution < -0.4 is 4.72 Å². The molecule has 0 spiro atoms. The Balaban J connectivity index is 1.71. The average molecular weight is 522 g/mol. The number of hydrogen-bond donors (Lipinski definition) is 1. The van der Waals surface area contributed by atoms with Crippen molar-refractivity contribution in [2.75, 3.05) is 10.5 Å². The van der Waals surface area contributed by atoms with Crippen molar-refractivity contribution in [3.8, 4) is 0 Å². The monoisotopic (exact) mass is 521 g/mol. The zero-order valence-corrected chi connectivity index (χ0v) is 20.4. The Hall–Kier alpha value is -2.95. The summed E-state index contributed by atoms with van der Waals surface area (Å²) in [4.78, 5) is 0.0262. The molecule has 0 amide bonds. The van der Waals surface area contributed by atoms with E-state index in [0.717, 1.165) is 4.41 Å². The van der Waals surface area contributed by atoms with Gasteiger partial charge in [-0.25, -0.2) is 12.8 Å². The molecule has 0 aromatic heterocycles. The zero-order chi connectivity index (χ0) is 24.5. The van der Waals surface area contributed by atoms with Crippen LogP contribution in [0.3, 0.4) is 0 Å². The predicted molar refractivity (Wildman–Crippen MR) is 130 cm³/mol. The highest BCUT2D eigenvalue weighted by Crippen LogP contribution is 2.37. The Labute approximate surface area is 203 Å². The number of rotatable bonds is 7. The molecule has 34 heavy (non-hydrogen) atoms. The van der Waals surface area contributed by atoms with Crippen LogP contribution in [0.4, 0.5) is 10.1 Å². The molecule has 178 valence electrons. The van der Waals surface area contributed by atoms with Crippen LogP contribution in [0.15, 0.2) is 82.8 Å². The van der Waals surface area contributed by atoms with E-state index in [-0.39, 0.29) is 17.1 Å². The molecule has 3 aromatic carbocycles. The van der Waals surface area contributed by atoms with Crippen molar-refractivity contribution in [3.05, 3.63) is 94.8 Å². The van der Waals surface area contributed by atoms with E-state index in [0.29, 0.717) is 27.5 Å². The number of hydrazone groups is 1. The molecule has 7 nitrogen and oxygen atoms in total.